The van der Waals surface area contributed by atoms with Crippen LogP contribution in [0.5, 0.6) is 0 Å². The lowest BCUT2D eigenvalue weighted by atomic mass is 10.2. The van der Waals surface area contributed by atoms with Crippen LogP contribution in [0, 0.1) is 0 Å². The highest BCUT2D eigenvalue weighted by molar-refractivity contribution is 4.51. The molecule has 0 bridgehead atoms. The molecule has 0 amide bonds. The summed E-state index contributed by atoms with van der Waals surface area (Å²) < 4.78 is 0. The lowest BCUT2D eigenvalue weighted by molar-refractivity contribution is 0.102. The van der Waals surface area contributed by atoms with E-state index in [0.29, 0.717) is 6.42 Å². The van der Waals surface area contributed by atoms with E-state index in [-0.39, 0.29) is 17.7 Å². The molecule has 0 saturated carbocycles. The van der Waals surface area contributed by atoms with Crippen LogP contribution in [-0.2, 0) is 0 Å². The summed E-state index contributed by atoms with van der Waals surface area (Å²) in [6.07, 6.45) is -0.278. The normalized spacial score (nSPS) is 16.5. The molecule has 0 aliphatic heterocycles. The van der Waals surface area contributed by atoms with E-state index in [1.54, 1.807) is 13.8 Å². The topological polar surface area (TPSA) is 72.0 Å². The monoisotopic (exact) mass is 122 g/mol. The third kappa shape index (κ3) is 9.30. The Morgan fingerprint density at radius 3 is 1.38 bits per heavy atom. The Hall–Kier alpha value is -0.120. The highest BCUT2D eigenvalue weighted by Crippen LogP contribution is 1.93. The van der Waals surface area contributed by atoms with Gasteiger partial charge in [-0.15, -0.1) is 0 Å². The molecule has 0 aromatic rings. The van der Waals surface area contributed by atoms with Crippen molar-refractivity contribution >= 4 is 0 Å². The molecule has 0 radical (unpaired) electrons. The van der Waals surface area contributed by atoms with Crippen molar-refractivity contribution in [3.05, 3.63) is 0 Å². The maximum atomic E-state index is 8.56. The van der Waals surface area contributed by atoms with Crippen LogP contribution in [0.25, 0.3) is 0 Å². The fraction of sp³-hybridized carbons (Fsp3) is 1.00. The Bertz CT molecular complexity index is 36.9. The van der Waals surface area contributed by atoms with Gasteiger partial charge in [0.15, 0.2) is 0 Å². The van der Waals surface area contributed by atoms with Gasteiger partial charge in [0.25, 0.3) is 0 Å². The summed E-state index contributed by atoms with van der Waals surface area (Å²) in [5, 5.41) is 17.1. The number of hydrogen-bond donors (Lipinski definition) is 2. The minimum absolute atomic E-state index is 0. The van der Waals surface area contributed by atoms with Gasteiger partial charge in [0, 0.05) is 0 Å². The molecule has 0 aromatic carbocycles. The third-order valence-electron chi connectivity index (χ3n) is 0.682. The summed E-state index contributed by atoms with van der Waals surface area (Å²) in [5.74, 6) is 0. The van der Waals surface area contributed by atoms with E-state index in [0.717, 1.165) is 0 Å². The Labute approximate surface area is 49.3 Å². The molecule has 0 fully saturated rings. The fourth-order valence-corrected chi connectivity index (χ4v) is 0.494. The van der Waals surface area contributed by atoms with Crippen molar-refractivity contribution in [3.63, 3.8) is 0 Å². The first-order chi connectivity index (χ1) is 3.13. The predicted octanol–water partition coefficient (Wildman–Crippen LogP) is -0.687. The van der Waals surface area contributed by atoms with Crippen molar-refractivity contribution in [2.45, 2.75) is 32.5 Å². The maximum Gasteiger partial charge on any atom is 0.0536 e. The molecule has 52 valence electrons. The maximum absolute atomic E-state index is 8.56. The van der Waals surface area contributed by atoms with Crippen LogP contribution in [0.3, 0.4) is 0 Å². The van der Waals surface area contributed by atoms with Gasteiger partial charge >= 0.3 is 0 Å². The molecule has 3 nitrogen and oxygen atoms in total. The Balaban J connectivity index is 0. The zero-order chi connectivity index (χ0) is 5.86. The first-order valence-corrected chi connectivity index (χ1v) is 2.49. The second kappa shape index (κ2) is 5.03. The molecule has 8 heavy (non-hydrogen) atoms. The van der Waals surface area contributed by atoms with E-state index in [1.165, 1.54) is 0 Å². The minimum atomic E-state index is -0.375. The third-order valence-corrected chi connectivity index (χ3v) is 0.682. The van der Waals surface area contributed by atoms with Gasteiger partial charge in [0.2, 0.25) is 0 Å². The van der Waals surface area contributed by atoms with Crippen LogP contribution in [0.1, 0.15) is 20.3 Å². The molecular weight excluding hydrogens is 108 g/mol. The van der Waals surface area contributed by atoms with Gasteiger partial charge in [-0.05, 0) is 20.3 Å². The highest BCUT2D eigenvalue weighted by atomic mass is 16.3. The number of rotatable bonds is 2. The number of hydrogen-bond acceptors (Lipinski definition) is 2. The van der Waals surface area contributed by atoms with Crippen molar-refractivity contribution < 1.29 is 15.7 Å². The van der Waals surface area contributed by atoms with E-state index < -0.39 is 0 Å². The van der Waals surface area contributed by atoms with E-state index in [1.807, 2.05) is 0 Å². The van der Waals surface area contributed by atoms with Crippen molar-refractivity contribution in [2.75, 3.05) is 0 Å². The van der Waals surface area contributed by atoms with Crippen molar-refractivity contribution in [1.29, 1.82) is 0 Å². The smallest absolute Gasteiger partial charge is 0.0536 e. The molecule has 0 saturated heterocycles. The lowest BCUT2D eigenvalue weighted by Crippen LogP contribution is -2.10. The van der Waals surface area contributed by atoms with Gasteiger partial charge in [0.1, 0.15) is 0 Å². The zero-order valence-electron chi connectivity index (χ0n) is 5.26. The molecule has 0 aliphatic carbocycles. The van der Waals surface area contributed by atoms with Crippen LogP contribution in [0.4, 0.5) is 0 Å². The molecule has 4 N–H and O–H groups in total. The quantitative estimate of drug-likeness (QED) is 0.509. The summed E-state index contributed by atoms with van der Waals surface area (Å²) in [5.41, 5.74) is 0. The summed E-state index contributed by atoms with van der Waals surface area (Å²) >= 11 is 0. The van der Waals surface area contributed by atoms with Crippen LogP contribution >= 0.6 is 0 Å². The Kier molecular flexibility index (Phi) is 6.78. The van der Waals surface area contributed by atoms with Crippen molar-refractivity contribution in [1.82, 2.24) is 0 Å². The average molecular weight is 122 g/mol. The van der Waals surface area contributed by atoms with Crippen LogP contribution in [0.2, 0.25) is 0 Å². The van der Waals surface area contributed by atoms with E-state index in [2.05, 4.69) is 0 Å². The van der Waals surface area contributed by atoms with Gasteiger partial charge < -0.3 is 15.7 Å². The minimum Gasteiger partial charge on any atom is -0.412 e. The summed E-state index contributed by atoms with van der Waals surface area (Å²) in [4.78, 5) is 0. The standard InChI is InChI=1S/C5H12O2.H2O/c1-4(6)3-5(2)7;/h4-7H,3H2,1-2H3;1H2/t4-,5-;/m1./s1. The van der Waals surface area contributed by atoms with Crippen molar-refractivity contribution in [2.24, 2.45) is 0 Å². The summed E-state index contributed by atoms with van der Waals surface area (Å²) in [7, 11) is 0. The molecule has 0 unspecified atom stereocenters. The molecule has 0 rings (SSSR count). The molecule has 2 atom stereocenters. The first-order valence-electron chi connectivity index (χ1n) is 2.49. The average Bonchev–Trinajstić information content (AvgIpc) is 1.27. The molecule has 0 heterocycles. The molecule has 0 aromatic heterocycles. The van der Waals surface area contributed by atoms with Gasteiger partial charge in [-0.3, -0.25) is 0 Å². The van der Waals surface area contributed by atoms with E-state index >= 15 is 0 Å². The van der Waals surface area contributed by atoms with E-state index in [4.69, 9.17) is 10.2 Å². The summed E-state index contributed by atoms with van der Waals surface area (Å²) in [6, 6.07) is 0. The molecular formula is C5H14O3. The van der Waals surface area contributed by atoms with E-state index in [9.17, 15) is 0 Å². The van der Waals surface area contributed by atoms with Crippen LogP contribution in [-0.4, -0.2) is 27.9 Å². The molecule has 3 heteroatoms. The van der Waals surface area contributed by atoms with Crippen molar-refractivity contribution in [3.8, 4) is 0 Å². The highest BCUT2D eigenvalue weighted by Gasteiger charge is 1.98. The second-order valence-electron chi connectivity index (χ2n) is 1.93. The van der Waals surface area contributed by atoms with Gasteiger partial charge in [-0.2, -0.15) is 0 Å². The number of aliphatic hydroxyl groups excluding tert-OH is 2. The fourth-order valence-electron chi connectivity index (χ4n) is 0.494. The van der Waals surface area contributed by atoms with Gasteiger partial charge in [0.05, 0.1) is 12.2 Å². The van der Waals surface area contributed by atoms with Crippen LogP contribution in [0.15, 0.2) is 0 Å². The molecule has 0 spiro atoms. The predicted molar refractivity (Wildman–Crippen MR) is 31.6 cm³/mol. The van der Waals surface area contributed by atoms with Gasteiger partial charge in [-0.1, -0.05) is 0 Å². The summed E-state index contributed by atoms with van der Waals surface area (Å²) in [6.45, 7) is 3.32. The number of aliphatic hydroxyl groups is 2. The molecule has 0 aliphatic rings. The Morgan fingerprint density at radius 2 is 1.38 bits per heavy atom. The Morgan fingerprint density at radius 1 is 1.12 bits per heavy atom. The second-order valence-corrected chi connectivity index (χ2v) is 1.93. The zero-order valence-corrected chi connectivity index (χ0v) is 5.26. The SMILES string of the molecule is C[C@@H](O)C[C@@H](C)O.O. The van der Waals surface area contributed by atoms with Gasteiger partial charge in [-0.25, -0.2) is 0 Å². The largest absolute Gasteiger partial charge is 0.412 e. The van der Waals surface area contributed by atoms with Crippen LogP contribution < -0.4 is 0 Å². The first kappa shape index (κ1) is 10.8. The lowest BCUT2D eigenvalue weighted by Gasteiger charge is -2.04.